The van der Waals surface area contributed by atoms with Gasteiger partial charge in [-0.2, -0.15) is 0 Å². The largest absolute Gasteiger partial charge is 0.271 e. The number of alkyl halides is 1. The first-order valence-electron chi connectivity index (χ1n) is 8.78. The van der Waals surface area contributed by atoms with E-state index >= 15 is 0 Å². The second-order valence-corrected chi connectivity index (χ2v) is 8.06. The van der Waals surface area contributed by atoms with Crippen LogP contribution in [-0.4, -0.2) is 34.8 Å². The average molecular weight is 425 g/mol. The van der Waals surface area contributed by atoms with Gasteiger partial charge in [-0.3, -0.25) is 25.9 Å². The van der Waals surface area contributed by atoms with E-state index in [2.05, 4.69) is 62.3 Å². The Balaban J connectivity index is 1.47. The second-order valence-electron chi connectivity index (χ2n) is 7.00. The highest BCUT2D eigenvalue weighted by molar-refractivity contribution is 9.09. The summed E-state index contributed by atoms with van der Waals surface area (Å²) in [6.45, 7) is 4.16. The van der Waals surface area contributed by atoms with Crippen molar-refractivity contribution >= 4 is 27.7 Å². The molecule has 2 amide bonds. The van der Waals surface area contributed by atoms with E-state index in [1.165, 1.54) is 0 Å². The Morgan fingerprint density at radius 3 is 2.38 bits per heavy atom. The minimum Gasteiger partial charge on any atom is -0.271 e. The van der Waals surface area contributed by atoms with Crippen molar-refractivity contribution in [3.63, 3.8) is 0 Å². The first-order valence-corrected chi connectivity index (χ1v) is 9.69. The van der Waals surface area contributed by atoms with Crippen LogP contribution in [0.15, 0.2) is 30.3 Å². The minimum absolute atomic E-state index is 0.0575. The topological polar surface area (TPSA) is 106 Å². The highest BCUT2D eigenvalue weighted by Gasteiger charge is 2.40. The van der Waals surface area contributed by atoms with Crippen LogP contribution < -0.4 is 32.6 Å². The molecule has 0 bridgehead atoms. The summed E-state index contributed by atoms with van der Waals surface area (Å²) in [6.07, 6.45) is 0.603. The van der Waals surface area contributed by atoms with E-state index in [1.807, 2.05) is 30.3 Å². The summed E-state index contributed by atoms with van der Waals surface area (Å²) in [7, 11) is 0. The van der Waals surface area contributed by atoms with Gasteiger partial charge in [-0.05, 0) is 17.9 Å². The van der Waals surface area contributed by atoms with Gasteiger partial charge < -0.3 is 0 Å². The molecule has 2 fully saturated rings. The lowest BCUT2D eigenvalue weighted by atomic mass is 9.99. The van der Waals surface area contributed by atoms with Crippen LogP contribution in [0.3, 0.4) is 0 Å². The molecule has 6 N–H and O–H groups in total. The maximum absolute atomic E-state index is 12.3. The predicted molar refractivity (Wildman–Crippen MR) is 102 cm³/mol. The Labute approximate surface area is 161 Å². The molecule has 2 aliphatic heterocycles. The molecule has 8 nitrogen and oxygen atoms in total. The van der Waals surface area contributed by atoms with Crippen LogP contribution >= 0.6 is 15.9 Å². The van der Waals surface area contributed by atoms with Gasteiger partial charge in [-0.1, -0.05) is 60.1 Å². The predicted octanol–water partition coefficient (Wildman–Crippen LogP) is 0.00610. The molecule has 2 heterocycles. The summed E-state index contributed by atoms with van der Waals surface area (Å²) in [5.41, 5.74) is 18.3. The molecular formula is C17H25BrN6O2. The summed E-state index contributed by atoms with van der Waals surface area (Å²) in [6, 6.07) is 9.23. The van der Waals surface area contributed by atoms with Crippen molar-refractivity contribution < 1.29 is 9.59 Å². The lowest BCUT2D eigenvalue weighted by Gasteiger charge is -2.19. The van der Waals surface area contributed by atoms with Crippen molar-refractivity contribution in [2.45, 2.75) is 49.3 Å². The number of carbonyl (C=O) groups excluding carboxylic acids is 2. The zero-order valence-electron chi connectivity index (χ0n) is 14.8. The van der Waals surface area contributed by atoms with Crippen LogP contribution in [0.25, 0.3) is 0 Å². The van der Waals surface area contributed by atoms with Gasteiger partial charge in [0.2, 0.25) is 0 Å². The molecule has 0 saturated carbocycles. The smallest absolute Gasteiger partial charge is 0.258 e. The van der Waals surface area contributed by atoms with E-state index in [4.69, 9.17) is 0 Å². The van der Waals surface area contributed by atoms with Gasteiger partial charge in [0, 0.05) is 12.1 Å². The number of halogens is 1. The number of hydrazine groups is 3. The summed E-state index contributed by atoms with van der Waals surface area (Å²) in [4.78, 5) is 24.6. The second kappa shape index (κ2) is 8.45. The lowest BCUT2D eigenvalue weighted by Crippen LogP contribution is -2.55. The number of hydrogen-bond acceptors (Lipinski definition) is 6. The van der Waals surface area contributed by atoms with Crippen LogP contribution in [0.1, 0.15) is 31.9 Å². The first-order chi connectivity index (χ1) is 12.5. The zero-order valence-corrected chi connectivity index (χ0v) is 16.3. The highest BCUT2D eigenvalue weighted by Crippen LogP contribution is 2.22. The quantitative estimate of drug-likeness (QED) is 0.300. The van der Waals surface area contributed by atoms with Crippen LogP contribution in [0.2, 0.25) is 0 Å². The Bertz CT molecular complexity index is 643. The van der Waals surface area contributed by atoms with E-state index in [9.17, 15) is 9.59 Å². The van der Waals surface area contributed by atoms with Crippen molar-refractivity contribution in [1.82, 2.24) is 32.6 Å². The molecule has 0 aliphatic carbocycles. The standard InChI is InChI=1S/C17H25BrN6O2/c1-9(2)14-13(18)15(22-21-14)17(26)24-23-16(25)12-8-11(19-20-12)10-6-4-3-5-7-10/h3-7,9,11-15,19-22H,8H2,1-2H3,(H,23,25)(H,24,26). The van der Waals surface area contributed by atoms with Gasteiger partial charge in [0.1, 0.15) is 12.1 Å². The summed E-state index contributed by atoms with van der Waals surface area (Å²) in [5, 5.41) is 0. The first kappa shape index (κ1) is 19.2. The van der Waals surface area contributed by atoms with Gasteiger partial charge in [0.15, 0.2) is 0 Å². The Kier molecular flexibility index (Phi) is 6.25. The van der Waals surface area contributed by atoms with E-state index in [-0.39, 0.29) is 28.7 Å². The third-order valence-corrected chi connectivity index (χ3v) is 5.90. The van der Waals surface area contributed by atoms with Crippen molar-refractivity contribution in [2.75, 3.05) is 0 Å². The van der Waals surface area contributed by atoms with Crippen LogP contribution in [0, 0.1) is 5.92 Å². The third kappa shape index (κ3) is 4.24. The third-order valence-electron chi connectivity index (χ3n) is 4.80. The molecule has 142 valence electrons. The van der Waals surface area contributed by atoms with Crippen molar-refractivity contribution in [3.05, 3.63) is 35.9 Å². The monoisotopic (exact) mass is 424 g/mol. The van der Waals surface area contributed by atoms with Gasteiger partial charge in [-0.25, -0.2) is 16.3 Å². The van der Waals surface area contributed by atoms with Crippen LogP contribution in [0.4, 0.5) is 0 Å². The molecule has 0 radical (unpaired) electrons. The fraction of sp³-hybridized carbons (Fsp3) is 0.529. The van der Waals surface area contributed by atoms with Gasteiger partial charge in [0.05, 0.1) is 4.83 Å². The molecule has 3 rings (SSSR count). The highest BCUT2D eigenvalue weighted by atomic mass is 79.9. The summed E-state index contributed by atoms with van der Waals surface area (Å²) >= 11 is 3.56. The minimum atomic E-state index is -0.463. The maximum atomic E-state index is 12.3. The Hall–Kier alpha value is -1.52. The fourth-order valence-electron chi connectivity index (χ4n) is 3.22. The number of carbonyl (C=O) groups is 2. The van der Waals surface area contributed by atoms with Gasteiger partial charge in [-0.15, -0.1) is 0 Å². The van der Waals surface area contributed by atoms with Crippen LogP contribution in [0.5, 0.6) is 0 Å². The van der Waals surface area contributed by atoms with Crippen LogP contribution in [-0.2, 0) is 9.59 Å². The van der Waals surface area contributed by atoms with Crippen molar-refractivity contribution in [1.29, 1.82) is 0 Å². The molecule has 1 aromatic rings. The zero-order chi connectivity index (χ0) is 18.7. The lowest BCUT2D eigenvalue weighted by molar-refractivity contribution is -0.130. The Morgan fingerprint density at radius 2 is 1.73 bits per heavy atom. The van der Waals surface area contributed by atoms with Gasteiger partial charge in [0.25, 0.3) is 11.8 Å². The summed E-state index contributed by atoms with van der Waals surface area (Å²) < 4.78 is 0. The number of benzene rings is 1. The number of rotatable bonds is 4. The maximum Gasteiger partial charge on any atom is 0.258 e. The molecule has 2 saturated heterocycles. The SMILES string of the molecule is CC(C)C1NNC(C(=O)NNC(=O)C2CC(c3ccccc3)NN2)C1Br. The molecule has 5 atom stereocenters. The van der Waals surface area contributed by atoms with E-state index in [0.29, 0.717) is 12.3 Å². The van der Waals surface area contributed by atoms with Crippen molar-refractivity contribution in [2.24, 2.45) is 5.92 Å². The normalized spacial score (nSPS) is 31.2. The summed E-state index contributed by atoms with van der Waals surface area (Å²) in [5.74, 6) is -0.203. The molecule has 2 aliphatic rings. The average Bonchev–Trinajstić information content (AvgIpc) is 3.27. The number of amides is 2. The molecule has 0 spiro atoms. The van der Waals surface area contributed by atoms with Crippen molar-refractivity contribution in [3.8, 4) is 0 Å². The number of hydrogen-bond donors (Lipinski definition) is 6. The molecule has 1 aromatic carbocycles. The molecule has 0 aromatic heterocycles. The molecule has 9 heteroatoms. The number of nitrogens with one attached hydrogen (secondary N) is 6. The molecule has 5 unspecified atom stereocenters. The van der Waals surface area contributed by atoms with Gasteiger partial charge >= 0.3 is 0 Å². The molecular weight excluding hydrogens is 400 g/mol. The fourth-order valence-corrected chi connectivity index (χ4v) is 4.33. The van der Waals surface area contributed by atoms with E-state index in [1.54, 1.807) is 0 Å². The van der Waals surface area contributed by atoms with E-state index in [0.717, 1.165) is 5.56 Å². The Morgan fingerprint density at radius 1 is 1.04 bits per heavy atom. The van der Waals surface area contributed by atoms with E-state index < -0.39 is 12.1 Å². The molecule has 26 heavy (non-hydrogen) atoms.